The van der Waals surface area contributed by atoms with Gasteiger partial charge in [0.05, 0.1) is 0 Å². The number of ether oxygens (including phenoxy) is 1. The third-order valence-electron chi connectivity index (χ3n) is 3.73. The first-order valence-electron chi connectivity index (χ1n) is 7.58. The molecular weight excluding hydrogens is 266 g/mol. The largest absolute Gasteiger partial charge is 0.481 e. The summed E-state index contributed by atoms with van der Waals surface area (Å²) in [6.45, 7) is 6.64. The number of fused-ring (bicyclic) bond motifs is 1. The zero-order valence-electron chi connectivity index (χ0n) is 12.9. The first-order chi connectivity index (χ1) is 9.99. The summed E-state index contributed by atoms with van der Waals surface area (Å²) in [5.74, 6) is 1.26. The number of amides is 1. The Labute approximate surface area is 125 Å². The van der Waals surface area contributed by atoms with Crippen molar-refractivity contribution in [1.29, 1.82) is 0 Å². The minimum Gasteiger partial charge on any atom is -0.481 e. The molecule has 0 radical (unpaired) electrons. The van der Waals surface area contributed by atoms with E-state index in [4.69, 9.17) is 4.74 Å². The maximum absolute atomic E-state index is 12.0. The van der Waals surface area contributed by atoms with Gasteiger partial charge in [-0.1, -0.05) is 26.0 Å². The molecule has 1 aromatic carbocycles. The van der Waals surface area contributed by atoms with Crippen LogP contribution in [0.4, 0.5) is 0 Å². The maximum Gasteiger partial charge on any atom is 0.260 e. The highest BCUT2D eigenvalue weighted by molar-refractivity contribution is 6.01. The van der Waals surface area contributed by atoms with Gasteiger partial charge in [-0.15, -0.1) is 0 Å². The molecule has 4 nitrogen and oxygen atoms in total. The summed E-state index contributed by atoms with van der Waals surface area (Å²) >= 11 is 0. The van der Waals surface area contributed by atoms with E-state index in [-0.39, 0.29) is 11.7 Å². The number of nitrogens with one attached hydrogen (secondary N) is 1. The Morgan fingerprint density at radius 3 is 2.76 bits per heavy atom. The monoisotopic (exact) mass is 289 g/mol. The molecule has 0 aliphatic heterocycles. The van der Waals surface area contributed by atoms with Gasteiger partial charge < -0.3 is 10.1 Å². The SMILES string of the molecule is CC(C)CCNC(=O)C(C)Oc1cccc2c1CCC2=O. The van der Waals surface area contributed by atoms with Crippen molar-refractivity contribution in [2.75, 3.05) is 6.54 Å². The lowest BCUT2D eigenvalue weighted by molar-refractivity contribution is -0.127. The van der Waals surface area contributed by atoms with Crippen molar-refractivity contribution in [2.24, 2.45) is 5.92 Å². The van der Waals surface area contributed by atoms with Crippen LogP contribution >= 0.6 is 0 Å². The third-order valence-corrected chi connectivity index (χ3v) is 3.73. The van der Waals surface area contributed by atoms with Crippen LogP contribution in [0.15, 0.2) is 18.2 Å². The standard InChI is InChI=1S/C17H23NO3/c1-11(2)9-10-18-17(20)12(3)21-16-6-4-5-13-14(16)7-8-15(13)19/h4-6,11-12H,7-10H2,1-3H3,(H,18,20). The molecule has 0 bridgehead atoms. The fourth-order valence-electron chi connectivity index (χ4n) is 2.44. The average Bonchev–Trinajstić information content (AvgIpc) is 2.81. The van der Waals surface area contributed by atoms with E-state index in [9.17, 15) is 9.59 Å². The Morgan fingerprint density at radius 1 is 1.29 bits per heavy atom. The van der Waals surface area contributed by atoms with Crippen LogP contribution in [0.1, 0.15) is 49.5 Å². The summed E-state index contributed by atoms with van der Waals surface area (Å²) in [4.78, 5) is 23.7. The number of rotatable bonds is 6. The number of carbonyl (C=O) groups excluding carboxylic acids is 2. The van der Waals surface area contributed by atoms with Gasteiger partial charge in [0.2, 0.25) is 0 Å². The second-order valence-corrected chi connectivity index (χ2v) is 5.94. The summed E-state index contributed by atoms with van der Waals surface area (Å²) < 4.78 is 5.76. The molecule has 0 saturated carbocycles. The molecule has 2 rings (SSSR count). The van der Waals surface area contributed by atoms with Crippen LogP contribution in [0.3, 0.4) is 0 Å². The van der Waals surface area contributed by atoms with E-state index in [1.54, 1.807) is 13.0 Å². The molecule has 1 atom stereocenters. The van der Waals surface area contributed by atoms with Gasteiger partial charge in [-0.05, 0) is 31.7 Å². The van der Waals surface area contributed by atoms with Crippen molar-refractivity contribution < 1.29 is 14.3 Å². The van der Waals surface area contributed by atoms with Crippen LogP contribution in [0.25, 0.3) is 0 Å². The van der Waals surface area contributed by atoms with E-state index in [0.717, 1.165) is 17.5 Å². The molecule has 1 aromatic rings. The zero-order valence-corrected chi connectivity index (χ0v) is 12.9. The molecule has 0 saturated heterocycles. The van der Waals surface area contributed by atoms with Gasteiger partial charge in [-0.25, -0.2) is 0 Å². The summed E-state index contributed by atoms with van der Waals surface area (Å²) in [7, 11) is 0. The van der Waals surface area contributed by atoms with E-state index in [1.807, 2.05) is 12.1 Å². The van der Waals surface area contributed by atoms with Gasteiger partial charge >= 0.3 is 0 Å². The second-order valence-electron chi connectivity index (χ2n) is 5.94. The molecule has 1 unspecified atom stereocenters. The number of Topliss-reactive ketones (excluding diaryl/α,β-unsaturated/α-hetero) is 1. The lowest BCUT2D eigenvalue weighted by Gasteiger charge is -2.17. The smallest absolute Gasteiger partial charge is 0.260 e. The lowest BCUT2D eigenvalue weighted by atomic mass is 10.1. The van der Waals surface area contributed by atoms with Crippen molar-refractivity contribution in [1.82, 2.24) is 5.32 Å². The second kappa shape index (κ2) is 6.74. The fourth-order valence-corrected chi connectivity index (χ4v) is 2.44. The maximum atomic E-state index is 12.0. The highest BCUT2D eigenvalue weighted by Gasteiger charge is 2.24. The highest BCUT2D eigenvalue weighted by Crippen LogP contribution is 2.31. The molecule has 0 fully saturated rings. The zero-order chi connectivity index (χ0) is 15.4. The van der Waals surface area contributed by atoms with E-state index in [2.05, 4.69) is 19.2 Å². The van der Waals surface area contributed by atoms with Gasteiger partial charge in [0.15, 0.2) is 11.9 Å². The van der Waals surface area contributed by atoms with Crippen molar-refractivity contribution >= 4 is 11.7 Å². The topological polar surface area (TPSA) is 55.4 Å². The summed E-state index contributed by atoms with van der Waals surface area (Å²) in [5.41, 5.74) is 1.67. The van der Waals surface area contributed by atoms with E-state index in [0.29, 0.717) is 31.1 Å². The Hall–Kier alpha value is -1.84. The minimum absolute atomic E-state index is 0.113. The van der Waals surface area contributed by atoms with Gasteiger partial charge in [-0.2, -0.15) is 0 Å². The van der Waals surface area contributed by atoms with E-state index >= 15 is 0 Å². The Balaban J connectivity index is 1.96. The van der Waals surface area contributed by atoms with Crippen LogP contribution in [0.5, 0.6) is 5.75 Å². The fraction of sp³-hybridized carbons (Fsp3) is 0.529. The quantitative estimate of drug-likeness (QED) is 0.876. The van der Waals surface area contributed by atoms with Crippen LogP contribution in [-0.2, 0) is 11.2 Å². The van der Waals surface area contributed by atoms with Gasteiger partial charge in [0.25, 0.3) is 5.91 Å². The van der Waals surface area contributed by atoms with Crippen molar-refractivity contribution in [3.63, 3.8) is 0 Å². The number of carbonyl (C=O) groups is 2. The van der Waals surface area contributed by atoms with Gasteiger partial charge in [-0.3, -0.25) is 9.59 Å². The first-order valence-corrected chi connectivity index (χ1v) is 7.58. The number of hydrogen-bond acceptors (Lipinski definition) is 3. The summed E-state index contributed by atoms with van der Waals surface area (Å²) in [6, 6.07) is 5.46. The molecule has 1 N–H and O–H groups in total. The molecule has 114 valence electrons. The number of ketones is 1. The predicted octanol–water partition coefficient (Wildman–Crippen LogP) is 2.75. The molecule has 1 amide bonds. The van der Waals surface area contributed by atoms with Gasteiger partial charge in [0, 0.05) is 24.1 Å². The lowest BCUT2D eigenvalue weighted by Crippen LogP contribution is -2.37. The highest BCUT2D eigenvalue weighted by atomic mass is 16.5. The minimum atomic E-state index is -0.556. The normalized spacial score (nSPS) is 15.0. The average molecular weight is 289 g/mol. The van der Waals surface area contributed by atoms with E-state index in [1.165, 1.54) is 0 Å². The predicted molar refractivity (Wildman–Crippen MR) is 81.6 cm³/mol. The summed E-state index contributed by atoms with van der Waals surface area (Å²) in [5, 5.41) is 2.88. The third kappa shape index (κ3) is 3.84. The van der Waals surface area contributed by atoms with Crippen molar-refractivity contribution in [2.45, 2.75) is 46.1 Å². The molecular formula is C17H23NO3. The Kier molecular flexibility index (Phi) is 4.99. The Morgan fingerprint density at radius 2 is 2.05 bits per heavy atom. The number of hydrogen-bond donors (Lipinski definition) is 1. The van der Waals surface area contributed by atoms with Crippen molar-refractivity contribution in [3.8, 4) is 5.75 Å². The molecule has 21 heavy (non-hydrogen) atoms. The van der Waals surface area contributed by atoms with Crippen LogP contribution < -0.4 is 10.1 Å². The molecule has 4 heteroatoms. The van der Waals surface area contributed by atoms with Gasteiger partial charge in [0.1, 0.15) is 5.75 Å². The van der Waals surface area contributed by atoms with Crippen LogP contribution in [0.2, 0.25) is 0 Å². The molecule has 1 aliphatic rings. The Bertz CT molecular complexity index is 537. The van der Waals surface area contributed by atoms with Crippen LogP contribution in [-0.4, -0.2) is 24.3 Å². The first kappa shape index (κ1) is 15.5. The molecule has 1 aliphatic carbocycles. The van der Waals surface area contributed by atoms with Crippen molar-refractivity contribution in [3.05, 3.63) is 29.3 Å². The molecule has 0 aromatic heterocycles. The molecule has 0 heterocycles. The number of benzene rings is 1. The van der Waals surface area contributed by atoms with Crippen LogP contribution in [0, 0.1) is 5.92 Å². The van der Waals surface area contributed by atoms with E-state index < -0.39 is 6.10 Å². The summed E-state index contributed by atoms with van der Waals surface area (Å²) in [6.07, 6.45) is 1.63. The molecule has 0 spiro atoms.